The fourth-order valence-corrected chi connectivity index (χ4v) is 8.20. The van der Waals surface area contributed by atoms with Crippen molar-refractivity contribution in [1.29, 1.82) is 0 Å². The molecule has 336 valence electrons. The van der Waals surface area contributed by atoms with Crippen LogP contribution in [0.15, 0.2) is 91.0 Å². The zero-order valence-corrected chi connectivity index (χ0v) is 36.2. The van der Waals surface area contributed by atoms with Gasteiger partial charge in [0.1, 0.15) is 23.3 Å². The molecule has 5 heterocycles. The van der Waals surface area contributed by atoms with Gasteiger partial charge in [0.05, 0.1) is 41.4 Å². The standard InChI is InChI=1S/C45H47ClF3N9O6/c1-26(2)40(55-44(62)63-4)43(61)58-16-6-9-37(58)34-8-5-7-30(21-51-34)28-10-12-29(13-11-28)32-19-33(46)35(20-38(32)64-45(47,48)49)54-41(59)31-14-15-39(52-22-31)57-18-17-56(24-27(57)3)42(60)36-23-50-25-53-36/h5,10-15,19-23,25-27,37,40,51H,6-7,9,16-18,24H2,1-4H3,(H,50,53)(H,54,59)(H,55,62)/t27-,37+,40+/m1/s1. The van der Waals surface area contributed by atoms with Gasteiger partial charge in [0.2, 0.25) is 5.91 Å². The predicted octanol–water partition coefficient (Wildman–Crippen LogP) is 7.37. The number of allylic oxidation sites excluding steroid dienone is 1. The van der Waals surface area contributed by atoms with Crippen molar-refractivity contribution in [2.24, 2.45) is 5.92 Å². The van der Waals surface area contributed by atoms with Crippen LogP contribution >= 0.6 is 11.6 Å². The number of rotatable bonds is 11. The number of hydrogen-bond acceptors (Lipinski definition) is 10. The highest BCUT2D eigenvalue weighted by Crippen LogP contribution is 2.41. The van der Waals surface area contributed by atoms with E-state index in [1.165, 1.54) is 25.7 Å². The van der Waals surface area contributed by atoms with Crippen LogP contribution in [0.4, 0.5) is 29.5 Å². The lowest BCUT2D eigenvalue weighted by atomic mass is 9.98. The van der Waals surface area contributed by atoms with Gasteiger partial charge < -0.3 is 45.1 Å². The summed E-state index contributed by atoms with van der Waals surface area (Å²) in [7, 11) is 1.25. The minimum Gasteiger partial charge on any atom is -0.453 e. The van der Waals surface area contributed by atoms with E-state index in [9.17, 15) is 32.3 Å². The summed E-state index contributed by atoms with van der Waals surface area (Å²) in [4.78, 5) is 68.5. The van der Waals surface area contributed by atoms with Gasteiger partial charge in [0.25, 0.3) is 11.8 Å². The Kier molecular flexibility index (Phi) is 13.7. The van der Waals surface area contributed by atoms with Crippen LogP contribution in [0, 0.1) is 5.92 Å². The summed E-state index contributed by atoms with van der Waals surface area (Å²) in [6.45, 7) is 7.55. The Morgan fingerprint density at radius 1 is 1.02 bits per heavy atom. The highest BCUT2D eigenvalue weighted by Gasteiger charge is 2.38. The van der Waals surface area contributed by atoms with Crippen LogP contribution in [0.1, 0.15) is 66.4 Å². The van der Waals surface area contributed by atoms with Gasteiger partial charge >= 0.3 is 12.5 Å². The molecule has 3 aliphatic heterocycles. The highest BCUT2D eigenvalue weighted by molar-refractivity contribution is 6.34. The molecule has 0 saturated carbocycles. The second kappa shape index (κ2) is 19.3. The molecule has 4 N–H and O–H groups in total. The van der Waals surface area contributed by atoms with Crippen molar-refractivity contribution >= 4 is 52.5 Å². The SMILES string of the molecule is COC(=O)N[C@H](C(=O)N1CCC[C@H]1C1=C=CCC(c2ccc(-c3cc(Cl)c(NC(=O)c4ccc(N5CCN(C(=O)c6c[nH]cn6)C[C@H]5C)nc4)cc3OC(F)(F)F)cc2)=CN1)C(C)C. The van der Waals surface area contributed by atoms with Gasteiger partial charge in [-0.05, 0) is 73.1 Å². The summed E-state index contributed by atoms with van der Waals surface area (Å²) < 4.78 is 50.6. The molecular weight excluding hydrogens is 855 g/mol. The molecule has 0 radical (unpaired) electrons. The number of alkyl halides is 3. The van der Waals surface area contributed by atoms with E-state index in [1.54, 1.807) is 52.4 Å². The largest absolute Gasteiger partial charge is 0.573 e. The molecular formula is C45H47ClF3N9O6. The third-order valence-corrected chi connectivity index (χ3v) is 11.6. The van der Waals surface area contributed by atoms with Crippen LogP contribution in [0.3, 0.4) is 0 Å². The van der Waals surface area contributed by atoms with E-state index >= 15 is 0 Å². The smallest absolute Gasteiger partial charge is 0.453 e. The first-order valence-corrected chi connectivity index (χ1v) is 21.1. The molecule has 0 unspecified atom stereocenters. The van der Waals surface area contributed by atoms with Crippen LogP contribution in [0.5, 0.6) is 5.75 Å². The molecule has 0 bridgehead atoms. The molecule has 64 heavy (non-hydrogen) atoms. The first-order valence-electron chi connectivity index (χ1n) is 20.7. The number of piperazine rings is 1. The number of H-pyrrole nitrogens is 1. The van der Waals surface area contributed by atoms with Crippen molar-refractivity contribution in [3.05, 3.63) is 113 Å². The molecule has 19 heteroatoms. The van der Waals surface area contributed by atoms with E-state index in [0.29, 0.717) is 61.8 Å². The number of amides is 4. The maximum Gasteiger partial charge on any atom is 0.573 e. The van der Waals surface area contributed by atoms with Crippen molar-refractivity contribution in [1.82, 2.24) is 35.4 Å². The van der Waals surface area contributed by atoms with Crippen molar-refractivity contribution in [2.45, 2.75) is 64.5 Å². The van der Waals surface area contributed by atoms with Crippen molar-refractivity contribution in [3.8, 4) is 16.9 Å². The van der Waals surface area contributed by atoms with E-state index in [-0.39, 0.29) is 51.7 Å². The second-order valence-corrected chi connectivity index (χ2v) is 16.3. The van der Waals surface area contributed by atoms with Crippen LogP contribution in [-0.2, 0) is 9.53 Å². The number of imidazole rings is 1. The number of aromatic amines is 1. The van der Waals surface area contributed by atoms with Gasteiger partial charge in [0, 0.05) is 62.4 Å². The predicted molar refractivity (Wildman–Crippen MR) is 233 cm³/mol. The fourth-order valence-electron chi connectivity index (χ4n) is 7.99. The molecule has 2 aromatic carbocycles. The summed E-state index contributed by atoms with van der Waals surface area (Å²) in [6, 6.07) is 11.2. The maximum absolute atomic E-state index is 13.8. The van der Waals surface area contributed by atoms with E-state index in [2.05, 4.69) is 41.4 Å². The lowest BCUT2D eigenvalue weighted by molar-refractivity contribution is -0.274. The minimum atomic E-state index is -5.06. The molecule has 15 nitrogen and oxygen atoms in total. The number of nitrogens with one attached hydrogen (secondary N) is 4. The van der Waals surface area contributed by atoms with Gasteiger partial charge in [-0.1, -0.05) is 49.7 Å². The van der Waals surface area contributed by atoms with Crippen molar-refractivity contribution in [3.63, 3.8) is 0 Å². The highest BCUT2D eigenvalue weighted by atomic mass is 35.5. The number of nitrogens with zero attached hydrogens (tertiary/aromatic N) is 5. The number of benzene rings is 2. The molecule has 0 aliphatic carbocycles. The lowest BCUT2D eigenvalue weighted by Crippen LogP contribution is -2.54. The van der Waals surface area contributed by atoms with Gasteiger partial charge in [-0.15, -0.1) is 18.9 Å². The average Bonchev–Trinajstić information content (AvgIpc) is 3.94. The Bertz CT molecular complexity index is 2470. The van der Waals surface area contributed by atoms with Gasteiger partial charge in [-0.25, -0.2) is 14.8 Å². The number of hydrogen-bond donors (Lipinski definition) is 4. The second-order valence-electron chi connectivity index (χ2n) is 15.9. The number of carbonyl (C=O) groups is 4. The Labute approximate surface area is 372 Å². The number of aromatic nitrogens is 3. The number of likely N-dealkylation sites (tertiary alicyclic amines) is 1. The van der Waals surface area contributed by atoms with Gasteiger partial charge in [-0.3, -0.25) is 14.4 Å². The van der Waals surface area contributed by atoms with E-state index in [0.717, 1.165) is 23.6 Å². The number of carbonyl (C=O) groups excluding carboxylic acids is 4. The van der Waals surface area contributed by atoms with Crippen molar-refractivity contribution in [2.75, 3.05) is 43.5 Å². The minimum absolute atomic E-state index is 0.0257. The molecule has 3 aliphatic rings. The number of methoxy groups -OCH3 is 1. The quantitative estimate of drug-likeness (QED) is 0.111. The summed E-state index contributed by atoms with van der Waals surface area (Å²) in [6.07, 6.45) is 4.24. The molecule has 0 spiro atoms. The molecule has 2 aromatic heterocycles. The normalized spacial score (nSPS) is 18.1. The molecule has 4 aromatic rings. The number of halogens is 4. The fraction of sp³-hybridized carbons (Fsp3) is 0.356. The number of anilines is 2. The Hall–Kier alpha value is -6.78. The molecule has 2 saturated heterocycles. The molecule has 3 atom stereocenters. The Balaban J connectivity index is 1.02. The topological polar surface area (TPSA) is 174 Å². The Morgan fingerprint density at radius 2 is 1.78 bits per heavy atom. The summed E-state index contributed by atoms with van der Waals surface area (Å²) in [5, 5.41) is 8.53. The molecule has 2 fully saturated rings. The van der Waals surface area contributed by atoms with E-state index < -0.39 is 30.2 Å². The van der Waals surface area contributed by atoms with E-state index in [1.807, 2.05) is 37.9 Å². The zero-order chi connectivity index (χ0) is 45.7. The first kappa shape index (κ1) is 45.3. The third-order valence-electron chi connectivity index (χ3n) is 11.3. The van der Waals surface area contributed by atoms with Crippen LogP contribution in [0.25, 0.3) is 16.7 Å². The summed E-state index contributed by atoms with van der Waals surface area (Å²) in [5.41, 5.74) is 6.42. The number of ether oxygens (including phenoxy) is 2. The van der Waals surface area contributed by atoms with Crippen LogP contribution in [-0.4, -0.2) is 106 Å². The van der Waals surface area contributed by atoms with Crippen LogP contribution in [0.2, 0.25) is 5.02 Å². The van der Waals surface area contributed by atoms with Gasteiger partial charge in [0.15, 0.2) is 0 Å². The molecule has 7 rings (SSSR count). The molecule has 4 amide bonds. The summed E-state index contributed by atoms with van der Waals surface area (Å²) in [5.74, 6) is -1.20. The number of alkyl carbamates (subject to hydrolysis) is 1. The van der Waals surface area contributed by atoms with Crippen LogP contribution < -0.4 is 25.6 Å². The third kappa shape index (κ3) is 10.4. The van der Waals surface area contributed by atoms with Gasteiger partial charge in [-0.2, -0.15) is 0 Å². The first-order chi connectivity index (χ1) is 30.6. The van der Waals surface area contributed by atoms with E-state index in [4.69, 9.17) is 16.3 Å². The lowest BCUT2D eigenvalue weighted by Gasteiger charge is -2.40. The monoisotopic (exact) mass is 901 g/mol. The summed E-state index contributed by atoms with van der Waals surface area (Å²) >= 11 is 6.61. The average molecular weight is 902 g/mol. The zero-order valence-electron chi connectivity index (χ0n) is 35.5. The maximum atomic E-state index is 13.8. The Morgan fingerprint density at radius 3 is 2.44 bits per heavy atom. The van der Waals surface area contributed by atoms with Crippen molar-refractivity contribution < 1.29 is 41.8 Å². The number of pyridine rings is 1.